The van der Waals surface area contributed by atoms with Crippen LogP contribution in [0.1, 0.15) is 0 Å². The first-order chi connectivity index (χ1) is 10.9. The number of H-pyrrole nitrogens is 2. The summed E-state index contributed by atoms with van der Waals surface area (Å²) in [5.41, 5.74) is 3.98. The number of nitrogens with zero attached hydrogens (tertiary/aromatic N) is 2. The number of aromatic amines is 2. The lowest BCUT2D eigenvalue weighted by Gasteiger charge is -1.96. The highest BCUT2D eigenvalue weighted by atomic mass is 15.0. The van der Waals surface area contributed by atoms with Gasteiger partial charge < -0.3 is 9.97 Å². The molecule has 0 bridgehead atoms. The SMILES string of the molecule is c1ccc(-c2ncc(-c3cnc(-c4ccccc4)[nH]3)[nH]2)cc1. The first-order valence-corrected chi connectivity index (χ1v) is 7.11. The second-order valence-electron chi connectivity index (χ2n) is 5.02. The summed E-state index contributed by atoms with van der Waals surface area (Å²) < 4.78 is 0. The molecule has 22 heavy (non-hydrogen) atoms. The number of aromatic nitrogens is 4. The lowest BCUT2D eigenvalue weighted by atomic mass is 10.2. The maximum absolute atomic E-state index is 4.44. The van der Waals surface area contributed by atoms with E-state index >= 15 is 0 Å². The molecule has 0 saturated carbocycles. The van der Waals surface area contributed by atoms with E-state index in [1.807, 2.05) is 73.1 Å². The van der Waals surface area contributed by atoms with Crippen molar-refractivity contribution in [3.05, 3.63) is 73.1 Å². The first-order valence-electron chi connectivity index (χ1n) is 7.11. The van der Waals surface area contributed by atoms with Gasteiger partial charge in [0.2, 0.25) is 0 Å². The van der Waals surface area contributed by atoms with Crippen LogP contribution in [0, 0.1) is 0 Å². The van der Waals surface area contributed by atoms with E-state index in [9.17, 15) is 0 Å². The van der Waals surface area contributed by atoms with Gasteiger partial charge in [0.15, 0.2) is 0 Å². The monoisotopic (exact) mass is 286 g/mol. The normalized spacial score (nSPS) is 10.7. The van der Waals surface area contributed by atoms with Gasteiger partial charge >= 0.3 is 0 Å². The number of benzene rings is 2. The molecule has 0 aliphatic heterocycles. The van der Waals surface area contributed by atoms with Crippen molar-refractivity contribution in [1.29, 1.82) is 0 Å². The highest BCUT2D eigenvalue weighted by molar-refractivity contribution is 5.64. The zero-order chi connectivity index (χ0) is 14.8. The average Bonchev–Trinajstić information content (AvgIpc) is 3.26. The van der Waals surface area contributed by atoms with Gasteiger partial charge in [-0.25, -0.2) is 9.97 Å². The van der Waals surface area contributed by atoms with Gasteiger partial charge in [0.1, 0.15) is 11.6 Å². The Morgan fingerprint density at radius 3 is 1.36 bits per heavy atom. The Labute approximate surface area is 127 Å². The van der Waals surface area contributed by atoms with Crippen LogP contribution in [0.15, 0.2) is 73.1 Å². The quantitative estimate of drug-likeness (QED) is 0.595. The smallest absolute Gasteiger partial charge is 0.137 e. The van der Waals surface area contributed by atoms with Crippen molar-refractivity contribution in [2.45, 2.75) is 0 Å². The van der Waals surface area contributed by atoms with E-state index in [-0.39, 0.29) is 0 Å². The molecule has 4 aromatic rings. The van der Waals surface area contributed by atoms with Gasteiger partial charge in [-0.15, -0.1) is 0 Å². The van der Waals surface area contributed by atoms with Crippen LogP contribution in [-0.2, 0) is 0 Å². The van der Waals surface area contributed by atoms with Gasteiger partial charge in [0.05, 0.1) is 23.8 Å². The fourth-order valence-corrected chi connectivity index (χ4v) is 2.40. The summed E-state index contributed by atoms with van der Waals surface area (Å²) in [4.78, 5) is 15.5. The average molecular weight is 286 g/mol. The van der Waals surface area contributed by atoms with Crippen molar-refractivity contribution >= 4 is 0 Å². The van der Waals surface area contributed by atoms with Gasteiger partial charge in [0.25, 0.3) is 0 Å². The van der Waals surface area contributed by atoms with Crippen LogP contribution in [-0.4, -0.2) is 19.9 Å². The molecule has 4 heteroatoms. The van der Waals surface area contributed by atoms with Gasteiger partial charge in [-0.05, 0) is 0 Å². The van der Waals surface area contributed by atoms with Gasteiger partial charge in [-0.3, -0.25) is 0 Å². The third-order valence-corrected chi connectivity index (χ3v) is 3.54. The van der Waals surface area contributed by atoms with Crippen LogP contribution in [0.5, 0.6) is 0 Å². The first kappa shape index (κ1) is 12.6. The summed E-state index contributed by atoms with van der Waals surface area (Å²) in [6.07, 6.45) is 3.65. The number of nitrogens with one attached hydrogen (secondary N) is 2. The van der Waals surface area contributed by atoms with Gasteiger partial charge in [-0.1, -0.05) is 60.7 Å². The molecule has 2 aromatic carbocycles. The number of imidazole rings is 2. The van der Waals surface area contributed by atoms with Crippen molar-refractivity contribution in [1.82, 2.24) is 19.9 Å². The Hall–Kier alpha value is -3.14. The Morgan fingerprint density at radius 1 is 0.545 bits per heavy atom. The molecule has 0 saturated heterocycles. The molecule has 0 aliphatic carbocycles. The Balaban J connectivity index is 1.66. The van der Waals surface area contributed by atoms with Crippen molar-refractivity contribution < 1.29 is 0 Å². The van der Waals surface area contributed by atoms with Gasteiger partial charge in [-0.2, -0.15) is 0 Å². The second-order valence-corrected chi connectivity index (χ2v) is 5.02. The summed E-state index contributed by atoms with van der Waals surface area (Å²) >= 11 is 0. The molecule has 4 nitrogen and oxygen atoms in total. The molecule has 0 fully saturated rings. The molecule has 2 N–H and O–H groups in total. The summed E-state index contributed by atoms with van der Waals surface area (Å²) in [7, 11) is 0. The highest BCUT2D eigenvalue weighted by Gasteiger charge is 2.08. The van der Waals surface area contributed by atoms with E-state index in [2.05, 4.69) is 19.9 Å². The number of hydrogen-bond acceptors (Lipinski definition) is 2. The van der Waals surface area contributed by atoms with E-state index in [0.29, 0.717) is 0 Å². The van der Waals surface area contributed by atoms with E-state index < -0.39 is 0 Å². The topological polar surface area (TPSA) is 57.4 Å². The van der Waals surface area contributed by atoms with Crippen molar-refractivity contribution in [2.24, 2.45) is 0 Å². The summed E-state index contributed by atoms with van der Waals surface area (Å²) in [6, 6.07) is 20.1. The van der Waals surface area contributed by atoms with Gasteiger partial charge in [0, 0.05) is 11.1 Å². The summed E-state index contributed by atoms with van der Waals surface area (Å²) in [5, 5.41) is 0. The van der Waals surface area contributed by atoms with Crippen LogP contribution in [0.3, 0.4) is 0 Å². The fraction of sp³-hybridized carbons (Fsp3) is 0. The zero-order valence-corrected chi connectivity index (χ0v) is 11.8. The maximum atomic E-state index is 4.44. The molecular formula is C18H14N4. The van der Waals surface area contributed by atoms with Crippen molar-refractivity contribution in [2.75, 3.05) is 0 Å². The molecular weight excluding hydrogens is 272 g/mol. The number of hydrogen-bond donors (Lipinski definition) is 2. The molecule has 0 spiro atoms. The Bertz CT molecular complexity index is 800. The van der Waals surface area contributed by atoms with Crippen LogP contribution < -0.4 is 0 Å². The number of rotatable bonds is 3. The van der Waals surface area contributed by atoms with Crippen LogP contribution in [0.2, 0.25) is 0 Å². The third kappa shape index (κ3) is 2.31. The summed E-state index contributed by atoms with van der Waals surface area (Å²) in [6.45, 7) is 0. The summed E-state index contributed by atoms with van der Waals surface area (Å²) in [5.74, 6) is 1.71. The minimum Gasteiger partial charge on any atom is -0.337 e. The predicted molar refractivity (Wildman–Crippen MR) is 87.0 cm³/mol. The van der Waals surface area contributed by atoms with Crippen LogP contribution in [0.4, 0.5) is 0 Å². The molecule has 0 atom stereocenters. The lowest BCUT2D eigenvalue weighted by Crippen LogP contribution is -1.81. The predicted octanol–water partition coefficient (Wildman–Crippen LogP) is 4.13. The van der Waals surface area contributed by atoms with E-state index in [1.165, 1.54) is 0 Å². The molecule has 4 rings (SSSR count). The van der Waals surface area contributed by atoms with Crippen LogP contribution in [0.25, 0.3) is 34.2 Å². The Morgan fingerprint density at radius 2 is 0.955 bits per heavy atom. The minimum absolute atomic E-state index is 0.853. The Kier molecular flexibility index (Phi) is 3.05. The van der Waals surface area contributed by atoms with E-state index in [1.54, 1.807) is 0 Å². The zero-order valence-electron chi connectivity index (χ0n) is 11.8. The minimum atomic E-state index is 0.853. The molecule has 2 aromatic heterocycles. The maximum Gasteiger partial charge on any atom is 0.137 e. The third-order valence-electron chi connectivity index (χ3n) is 3.54. The highest BCUT2D eigenvalue weighted by Crippen LogP contribution is 2.23. The van der Waals surface area contributed by atoms with E-state index in [0.717, 1.165) is 34.2 Å². The van der Waals surface area contributed by atoms with E-state index in [4.69, 9.17) is 0 Å². The standard InChI is InChI=1S/C18H14N4/c1-3-7-13(8-4-1)17-19-11-15(21-17)16-12-20-18(22-16)14-9-5-2-6-10-14/h1-12H,(H,19,21)(H,20,22). The van der Waals surface area contributed by atoms with Crippen molar-refractivity contribution in [3.63, 3.8) is 0 Å². The molecule has 2 heterocycles. The molecule has 106 valence electrons. The molecule has 0 aliphatic rings. The van der Waals surface area contributed by atoms with Crippen molar-refractivity contribution in [3.8, 4) is 34.2 Å². The fourth-order valence-electron chi connectivity index (χ4n) is 2.40. The van der Waals surface area contributed by atoms with Crippen LogP contribution >= 0.6 is 0 Å². The second kappa shape index (κ2) is 5.33. The largest absolute Gasteiger partial charge is 0.337 e. The molecule has 0 unspecified atom stereocenters. The lowest BCUT2D eigenvalue weighted by molar-refractivity contribution is 1.29. The molecule has 0 radical (unpaired) electrons. The molecule has 0 amide bonds.